The van der Waals surface area contributed by atoms with Crippen LogP contribution in [0.5, 0.6) is 0 Å². The third kappa shape index (κ3) is 3.64. The number of fused-ring (bicyclic) bond motifs is 6. The lowest BCUT2D eigenvalue weighted by atomic mass is 9.86. The first-order valence-electron chi connectivity index (χ1n) is 13.6. The SMILES string of the molecule is N#Cc1cccc(-c2cc(-c3cccc4c3oc3ccccc34)cc(-c3cccc4sc5ccccc5c34)c2C#N)c1. The van der Waals surface area contributed by atoms with Crippen molar-refractivity contribution in [1.82, 2.24) is 0 Å². The van der Waals surface area contributed by atoms with Crippen LogP contribution in [0.3, 0.4) is 0 Å². The van der Waals surface area contributed by atoms with Gasteiger partial charge in [0.25, 0.3) is 0 Å². The van der Waals surface area contributed by atoms with Crippen molar-refractivity contribution in [3.8, 4) is 45.5 Å². The lowest BCUT2D eigenvalue weighted by Gasteiger charge is -2.15. The van der Waals surface area contributed by atoms with E-state index in [0.717, 1.165) is 60.7 Å². The molecule has 0 N–H and O–H groups in total. The molecule has 4 heteroatoms. The molecule has 8 rings (SSSR count). The van der Waals surface area contributed by atoms with Crippen molar-refractivity contribution >= 4 is 53.4 Å². The fourth-order valence-electron chi connectivity index (χ4n) is 6.09. The standard InChI is InChI=1S/C38H20N2OS/c39-21-23-8-5-9-24(18-23)31-19-25(26-12-6-14-29-27-10-1-3-15-34(27)41-38(26)29)20-32(33(31)22-40)28-13-7-17-36-37(28)30-11-2-4-16-35(30)42-36/h1-20H. The molecule has 2 aromatic heterocycles. The first-order valence-corrected chi connectivity index (χ1v) is 14.4. The molecule has 0 aliphatic heterocycles. The van der Waals surface area contributed by atoms with E-state index in [1.54, 1.807) is 17.4 Å². The predicted octanol–water partition coefficient (Wildman–Crippen LogP) is 10.7. The number of para-hydroxylation sites is 2. The van der Waals surface area contributed by atoms with Crippen molar-refractivity contribution in [2.75, 3.05) is 0 Å². The van der Waals surface area contributed by atoms with Gasteiger partial charge >= 0.3 is 0 Å². The second-order valence-corrected chi connectivity index (χ2v) is 11.4. The topological polar surface area (TPSA) is 60.7 Å². The summed E-state index contributed by atoms with van der Waals surface area (Å²) in [6.07, 6.45) is 0. The van der Waals surface area contributed by atoms with Crippen LogP contribution in [0.1, 0.15) is 11.1 Å². The lowest BCUT2D eigenvalue weighted by molar-refractivity contribution is 0.670. The van der Waals surface area contributed by atoms with Gasteiger partial charge in [0.2, 0.25) is 0 Å². The van der Waals surface area contributed by atoms with Gasteiger partial charge in [0.05, 0.1) is 17.2 Å². The zero-order valence-electron chi connectivity index (χ0n) is 22.3. The van der Waals surface area contributed by atoms with Crippen LogP contribution in [-0.2, 0) is 0 Å². The van der Waals surface area contributed by atoms with Crippen LogP contribution in [-0.4, -0.2) is 0 Å². The van der Waals surface area contributed by atoms with E-state index in [-0.39, 0.29) is 0 Å². The third-order valence-corrected chi connectivity index (χ3v) is 9.10. The molecule has 42 heavy (non-hydrogen) atoms. The van der Waals surface area contributed by atoms with Crippen LogP contribution in [0.4, 0.5) is 0 Å². The maximum absolute atomic E-state index is 10.7. The first kappa shape index (κ1) is 24.1. The molecule has 0 saturated heterocycles. The highest BCUT2D eigenvalue weighted by Crippen LogP contribution is 2.45. The Kier molecular flexibility index (Phi) is 5.44. The van der Waals surface area contributed by atoms with Crippen LogP contribution in [0, 0.1) is 22.7 Å². The van der Waals surface area contributed by atoms with E-state index in [1.165, 1.54) is 14.8 Å². The van der Waals surface area contributed by atoms with Crippen LogP contribution < -0.4 is 0 Å². The van der Waals surface area contributed by atoms with Gasteiger partial charge in [0.1, 0.15) is 17.2 Å². The van der Waals surface area contributed by atoms with E-state index in [9.17, 15) is 10.5 Å². The summed E-state index contributed by atoms with van der Waals surface area (Å²) in [5.74, 6) is 0. The van der Waals surface area contributed by atoms with Gasteiger partial charge < -0.3 is 4.42 Å². The summed E-state index contributed by atoms with van der Waals surface area (Å²) in [6, 6.07) is 45.5. The van der Waals surface area contributed by atoms with Gasteiger partial charge in [-0.05, 0) is 59.2 Å². The van der Waals surface area contributed by atoms with Crippen LogP contribution in [0.25, 0.3) is 75.5 Å². The van der Waals surface area contributed by atoms with Crippen molar-refractivity contribution in [1.29, 1.82) is 10.5 Å². The smallest absolute Gasteiger partial charge is 0.143 e. The minimum atomic E-state index is 0.550. The number of hydrogen-bond donors (Lipinski definition) is 0. The minimum Gasteiger partial charge on any atom is -0.455 e. The molecule has 0 saturated carbocycles. The maximum Gasteiger partial charge on any atom is 0.143 e. The number of benzene rings is 6. The average molecular weight is 553 g/mol. The number of nitriles is 2. The molecule has 194 valence electrons. The Balaban J connectivity index is 1.50. The highest BCUT2D eigenvalue weighted by Gasteiger charge is 2.21. The molecule has 0 aliphatic rings. The Morgan fingerprint density at radius 2 is 1.24 bits per heavy atom. The number of furan rings is 1. The molecule has 0 atom stereocenters. The van der Waals surface area contributed by atoms with Gasteiger partial charge in [-0.15, -0.1) is 11.3 Å². The fourth-order valence-corrected chi connectivity index (χ4v) is 7.22. The van der Waals surface area contributed by atoms with Crippen LogP contribution in [0.2, 0.25) is 0 Å². The maximum atomic E-state index is 10.7. The quantitative estimate of drug-likeness (QED) is 0.219. The van der Waals surface area contributed by atoms with Gasteiger partial charge in [0, 0.05) is 47.6 Å². The summed E-state index contributed by atoms with van der Waals surface area (Å²) in [4.78, 5) is 0. The Labute approximate surface area is 245 Å². The van der Waals surface area contributed by atoms with E-state index >= 15 is 0 Å². The van der Waals surface area contributed by atoms with Crippen molar-refractivity contribution in [2.24, 2.45) is 0 Å². The van der Waals surface area contributed by atoms with Crippen molar-refractivity contribution < 1.29 is 4.42 Å². The summed E-state index contributed by atoms with van der Waals surface area (Å²) in [7, 11) is 0. The largest absolute Gasteiger partial charge is 0.455 e. The first-order chi connectivity index (χ1) is 20.7. The molecule has 8 aromatic rings. The molecule has 0 fully saturated rings. The average Bonchev–Trinajstić information content (AvgIpc) is 3.63. The minimum absolute atomic E-state index is 0.550. The molecule has 6 aromatic carbocycles. The van der Waals surface area contributed by atoms with Crippen LogP contribution >= 0.6 is 11.3 Å². The molecular weight excluding hydrogens is 532 g/mol. The Morgan fingerprint density at radius 1 is 0.524 bits per heavy atom. The highest BCUT2D eigenvalue weighted by atomic mass is 32.1. The van der Waals surface area contributed by atoms with Crippen LogP contribution in [0.15, 0.2) is 126 Å². The number of nitrogens with zero attached hydrogens (tertiary/aromatic N) is 2. The molecular formula is C38H20N2OS. The molecule has 0 unspecified atom stereocenters. The summed E-state index contributed by atoms with van der Waals surface area (Å²) >= 11 is 1.76. The third-order valence-electron chi connectivity index (χ3n) is 7.96. The molecule has 0 amide bonds. The second-order valence-electron chi connectivity index (χ2n) is 10.3. The highest BCUT2D eigenvalue weighted by molar-refractivity contribution is 7.25. The van der Waals surface area contributed by atoms with E-state index in [0.29, 0.717) is 11.1 Å². The fraction of sp³-hybridized carbons (Fsp3) is 0. The second kappa shape index (κ2) is 9.46. The van der Waals surface area contributed by atoms with Gasteiger partial charge in [-0.25, -0.2) is 0 Å². The van der Waals surface area contributed by atoms with Gasteiger partial charge in [-0.3, -0.25) is 0 Å². The molecule has 2 heterocycles. The number of hydrogen-bond acceptors (Lipinski definition) is 4. The van der Waals surface area contributed by atoms with Crippen molar-refractivity contribution in [2.45, 2.75) is 0 Å². The van der Waals surface area contributed by atoms with Gasteiger partial charge in [-0.2, -0.15) is 10.5 Å². The predicted molar refractivity (Wildman–Crippen MR) is 172 cm³/mol. The molecule has 0 bridgehead atoms. The molecule has 0 aliphatic carbocycles. The van der Waals surface area contributed by atoms with Gasteiger partial charge in [-0.1, -0.05) is 78.9 Å². The molecule has 0 spiro atoms. The zero-order valence-corrected chi connectivity index (χ0v) is 23.1. The van der Waals surface area contributed by atoms with Crippen molar-refractivity contribution in [3.63, 3.8) is 0 Å². The van der Waals surface area contributed by atoms with Gasteiger partial charge in [0.15, 0.2) is 0 Å². The molecule has 0 radical (unpaired) electrons. The summed E-state index contributed by atoms with van der Waals surface area (Å²) in [5, 5.41) is 24.8. The van der Waals surface area contributed by atoms with Crippen molar-refractivity contribution in [3.05, 3.63) is 132 Å². The lowest BCUT2D eigenvalue weighted by Crippen LogP contribution is -1.94. The summed E-state index contributed by atoms with van der Waals surface area (Å²) in [5.41, 5.74) is 8.15. The van der Waals surface area contributed by atoms with E-state index < -0.39 is 0 Å². The number of rotatable bonds is 3. The molecule has 3 nitrogen and oxygen atoms in total. The summed E-state index contributed by atoms with van der Waals surface area (Å²) < 4.78 is 8.82. The Hall–Kier alpha value is -5.68. The Morgan fingerprint density at radius 3 is 2.12 bits per heavy atom. The van der Waals surface area contributed by atoms with E-state index in [1.807, 2.05) is 36.4 Å². The summed E-state index contributed by atoms with van der Waals surface area (Å²) in [6.45, 7) is 0. The Bertz CT molecular complexity index is 2450. The van der Waals surface area contributed by atoms with E-state index in [4.69, 9.17) is 4.42 Å². The zero-order chi connectivity index (χ0) is 28.2. The monoisotopic (exact) mass is 552 g/mol. The normalized spacial score (nSPS) is 11.3. The van der Waals surface area contributed by atoms with E-state index in [2.05, 4.69) is 91.0 Å². The number of thiophene rings is 1.